The van der Waals surface area contributed by atoms with E-state index in [1.807, 2.05) is 23.9 Å². The third-order valence-corrected chi connectivity index (χ3v) is 8.31. The maximum absolute atomic E-state index is 12.2. The highest BCUT2D eigenvalue weighted by molar-refractivity contribution is 6.35. The zero-order valence-corrected chi connectivity index (χ0v) is 22.5. The van der Waals surface area contributed by atoms with Crippen molar-refractivity contribution < 1.29 is 9.53 Å². The van der Waals surface area contributed by atoms with Crippen LogP contribution in [0.1, 0.15) is 37.9 Å². The van der Waals surface area contributed by atoms with Crippen LogP contribution < -0.4 is 10.1 Å². The number of carbonyl (C=O) groups excluding carboxylic acids is 1. The van der Waals surface area contributed by atoms with E-state index in [1.54, 1.807) is 24.7 Å². The normalized spacial score (nSPS) is 18.2. The molecule has 2 N–H and O–H groups in total. The van der Waals surface area contributed by atoms with E-state index in [0.29, 0.717) is 32.7 Å². The minimum Gasteiger partial charge on any atom is -0.470 e. The number of nitrogens with zero attached hydrogens (tertiary/aromatic N) is 6. The number of hydrogen-bond donors (Lipinski definition) is 2. The summed E-state index contributed by atoms with van der Waals surface area (Å²) in [4.78, 5) is 23.4. The largest absolute Gasteiger partial charge is 0.470 e. The van der Waals surface area contributed by atoms with Gasteiger partial charge >= 0.3 is 0 Å². The molecule has 6 heterocycles. The maximum atomic E-state index is 12.2. The maximum Gasteiger partial charge on any atom is 0.226 e. The molecule has 4 aromatic heterocycles. The van der Waals surface area contributed by atoms with E-state index in [2.05, 4.69) is 30.5 Å². The quantitative estimate of drug-likeness (QED) is 0.350. The summed E-state index contributed by atoms with van der Waals surface area (Å²) >= 11 is 12.6. The van der Waals surface area contributed by atoms with Crippen LogP contribution in [0.25, 0.3) is 22.3 Å². The van der Waals surface area contributed by atoms with Crippen molar-refractivity contribution in [3.8, 4) is 17.1 Å². The lowest BCUT2D eigenvalue weighted by Gasteiger charge is -2.37. The van der Waals surface area contributed by atoms with Crippen LogP contribution in [0.2, 0.25) is 10.0 Å². The fourth-order valence-electron chi connectivity index (χ4n) is 5.45. The average molecular weight is 555 g/mol. The van der Waals surface area contributed by atoms with Gasteiger partial charge in [0.25, 0.3) is 0 Å². The fourth-order valence-corrected chi connectivity index (χ4v) is 6.12. The van der Waals surface area contributed by atoms with E-state index < -0.39 is 6.10 Å². The van der Waals surface area contributed by atoms with Gasteiger partial charge in [0.2, 0.25) is 11.8 Å². The minimum absolute atomic E-state index is 0.138. The summed E-state index contributed by atoms with van der Waals surface area (Å²) in [5.74, 6) is 0.671. The van der Waals surface area contributed by atoms with Gasteiger partial charge < -0.3 is 15.0 Å². The van der Waals surface area contributed by atoms with E-state index in [1.165, 1.54) is 0 Å². The summed E-state index contributed by atoms with van der Waals surface area (Å²) in [6.45, 7) is 6.19. The van der Waals surface area contributed by atoms with E-state index >= 15 is 0 Å². The van der Waals surface area contributed by atoms with Gasteiger partial charge in [0, 0.05) is 48.9 Å². The van der Waals surface area contributed by atoms with Crippen LogP contribution in [0.5, 0.6) is 5.88 Å². The molecule has 0 bridgehead atoms. The number of nitrogens with one attached hydrogen (secondary N) is 2. The van der Waals surface area contributed by atoms with Crippen LogP contribution >= 0.6 is 23.2 Å². The van der Waals surface area contributed by atoms with Gasteiger partial charge in [-0.2, -0.15) is 10.2 Å². The van der Waals surface area contributed by atoms with E-state index in [9.17, 15) is 4.79 Å². The highest BCUT2D eigenvalue weighted by Crippen LogP contribution is 2.38. The molecule has 6 rings (SSSR count). The molecule has 1 amide bonds. The van der Waals surface area contributed by atoms with Crippen molar-refractivity contribution in [1.29, 1.82) is 0 Å². The standard InChI is InChI=1S/C26H28Cl2N8O2/c1-16(22-18(27)13-29-14-19(22)28)38-21-3-2-20-24(32-21)23(34-33-20)17-12-31-36(15-17)11-10-35-8-5-26(6-9-35)4-7-30-25(26)37/h2-3,12-16H,4-11H2,1H3,(H,30,37)(H,33,34)/t16-/m1/s1. The molecule has 2 fully saturated rings. The fraction of sp³-hybridized carbons (Fsp3) is 0.423. The van der Waals surface area contributed by atoms with E-state index in [0.717, 1.165) is 63.1 Å². The van der Waals surface area contributed by atoms with Gasteiger partial charge in [-0.25, -0.2) is 4.98 Å². The average Bonchev–Trinajstić information content (AvgIpc) is 3.63. The number of amides is 1. The van der Waals surface area contributed by atoms with Crippen molar-refractivity contribution in [2.75, 3.05) is 26.2 Å². The Morgan fingerprint density at radius 2 is 1.89 bits per heavy atom. The molecular formula is C26H28Cl2N8O2. The summed E-state index contributed by atoms with van der Waals surface area (Å²) < 4.78 is 8.01. The topological polar surface area (TPSA) is 114 Å². The summed E-state index contributed by atoms with van der Waals surface area (Å²) in [7, 11) is 0. The minimum atomic E-state index is -0.422. The number of ether oxygens (including phenoxy) is 1. The van der Waals surface area contributed by atoms with Gasteiger partial charge in [0.05, 0.1) is 33.7 Å². The highest BCUT2D eigenvalue weighted by Gasteiger charge is 2.44. The third kappa shape index (κ3) is 4.72. The van der Waals surface area contributed by atoms with E-state index in [-0.39, 0.29) is 11.3 Å². The molecule has 198 valence electrons. The predicted octanol–water partition coefficient (Wildman–Crippen LogP) is 4.27. The highest BCUT2D eigenvalue weighted by atomic mass is 35.5. The number of pyridine rings is 2. The molecule has 0 unspecified atom stereocenters. The second-order valence-corrected chi connectivity index (χ2v) is 10.8. The molecule has 38 heavy (non-hydrogen) atoms. The van der Waals surface area contributed by atoms with Crippen molar-refractivity contribution in [3.63, 3.8) is 0 Å². The SMILES string of the molecule is C[C@@H](Oc1ccc2[nH]nc(-c3cnn(CCN4CCC5(CCNC5=O)CC4)c3)c2n1)c1c(Cl)cncc1Cl. The molecule has 1 spiro atoms. The zero-order chi connectivity index (χ0) is 26.3. The Bertz CT molecular complexity index is 1460. The molecule has 2 saturated heterocycles. The first-order valence-electron chi connectivity index (χ1n) is 12.8. The number of likely N-dealkylation sites (tertiary alicyclic amines) is 1. The molecule has 2 aliphatic heterocycles. The van der Waals surface area contributed by atoms with Crippen molar-refractivity contribution in [3.05, 3.63) is 52.5 Å². The molecular weight excluding hydrogens is 527 g/mol. The summed E-state index contributed by atoms with van der Waals surface area (Å²) in [6, 6.07) is 3.67. The van der Waals surface area contributed by atoms with Crippen LogP contribution in [-0.2, 0) is 11.3 Å². The molecule has 10 nitrogen and oxygen atoms in total. The van der Waals surface area contributed by atoms with Crippen molar-refractivity contribution in [2.24, 2.45) is 5.41 Å². The van der Waals surface area contributed by atoms with Crippen molar-refractivity contribution in [1.82, 2.24) is 40.2 Å². The number of H-pyrrole nitrogens is 1. The Hall–Kier alpha value is -3.21. The van der Waals surface area contributed by atoms with Gasteiger partial charge in [-0.1, -0.05) is 23.2 Å². The molecule has 1 atom stereocenters. The van der Waals surface area contributed by atoms with Crippen LogP contribution in [-0.4, -0.2) is 66.9 Å². The number of aromatic amines is 1. The second kappa shape index (κ2) is 10.2. The lowest BCUT2D eigenvalue weighted by Crippen LogP contribution is -2.44. The first kappa shape index (κ1) is 25.1. The number of halogens is 2. The van der Waals surface area contributed by atoms with Gasteiger partial charge in [0.15, 0.2) is 0 Å². The van der Waals surface area contributed by atoms with Gasteiger partial charge in [-0.3, -0.25) is 19.6 Å². The lowest BCUT2D eigenvalue weighted by molar-refractivity contribution is -0.130. The molecule has 4 aromatic rings. The smallest absolute Gasteiger partial charge is 0.226 e. The van der Waals surface area contributed by atoms with Crippen LogP contribution in [0.3, 0.4) is 0 Å². The summed E-state index contributed by atoms with van der Waals surface area (Å²) in [6.07, 6.45) is 9.27. The summed E-state index contributed by atoms with van der Waals surface area (Å²) in [5, 5.41) is 16.0. The van der Waals surface area contributed by atoms with Gasteiger partial charge in [-0.05, 0) is 45.3 Å². The lowest BCUT2D eigenvalue weighted by atomic mass is 9.77. The zero-order valence-electron chi connectivity index (χ0n) is 21.0. The molecule has 0 saturated carbocycles. The number of fused-ring (bicyclic) bond motifs is 1. The first-order chi connectivity index (χ1) is 18.4. The summed E-state index contributed by atoms with van der Waals surface area (Å²) in [5.41, 5.74) is 3.59. The number of rotatable bonds is 7. The van der Waals surface area contributed by atoms with Crippen molar-refractivity contribution in [2.45, 2.75) is 38.8 Å². The third-order valence-electron chi connectivity index (χ3n) is 7.71. The molecule has 0 aliphatic carbocycles. The number of aromatic nitrogens is 6. The van der Waals surface area contributed by atoms with Crippen molar-refractivity contribution >= 4 is 40.1 Å². The second-order valence-electron chi connectivity index (χ2n) is 10.0. The van der Waals surface area contributed by atoms with E-state index in [4.69, 9.17) is 32.9 Å². The Morgan fingerprint density at radius 3 is 2.63 bits per heavy atom. The first-order valence-corrected chi connectivity index (χ1v) is 13.5. The van der Waals surface area contributed by atoms with Gasteiger partial charge in [0.1, 0.15) is 17.3 Å². The predicted molar refractivity (Wildman–Crippen MR) is 144 cm³/mol. The van der Waals surface area contributed by atoms with Crippen LogP contribution in [0.15, 0.2) is 36.9 Å². The Morgan fingerprint density at radius 1 is 1.11 bits per heavy atom. The molecule has 0 radical (unpaired) electrons. The molecule has 0 aromatic carbocycles. The molecule has 2 aliphatic rings. The molecule has 12 heteroatoms. The van der Waals surface area contributed by atoms with Crippen LogP contribution in [0.4, 0.5) is 0 Å². The van der Waals surface area contributed by atoms with Gasteiger partial charge in [-0.15, -0.1) is 0 Å². The Balaban J connectivity index is 1.12. The Labute approximate surface area is 229 Å². The Kier molecular flexibility index (Phi) is 6.71. The monoisotopic (exact) mass is 554 g/mol. The number of hydrogen-bond acceptors (Lipinski definition) is 7. The number of piperidine rings is 1. The number of carbonyl (C=O) groups is 1. The van der Waals surface area contributed by atoms with Crippen LogP contribution in [0, 0.1) is 5.41 Å².